The van der Waals surface area contributed by atoms with E-state index in [4.69, 9.17) is 14.2 Å². The van der Waals surface area contributed by atoms with Crippen molar-refractivity contribution >= 4 is 28.7 Å². The number of fused-ring (bicyclic) bond motifs is 2. The van der Waals surface area contributed by atoms with Crippen LogP contribution in [0.25, 0.3) is 10.9 Å². The molecule has 210 valence electrons. The van der Waals surface area contributed by atoms with Gasteiger partial charge in [0.25, 0.3) is 0 Å². The number of esters is 1. The van der Waals surface area contributed by atoms with Crippen LogP contribution >= 0.6 is 0 Å². The Morgan fingerprint density at radius 1 is 1.21 bits per heavy atom. The van der Waals surface area contributed by atoms with E-state index >= 15 is 4.39 Å². The average Bonchev–Trinajstić information content (AvgIpc) is 3.63. The molecule has 2 saturated heterocycles. The second kappa shape index (κ2) is 10.2. The van der Waals surface area contributed by atoms with Crippen molar-refractivity contribution in [1.82, 2.24) is 9.47 Å². The fraction of sp³-hybridized carbons (Fsp3) is 0.552. The molecule has 0 spiro atoms. The predicted octanol–water partition coefficient (Wildman–Crippen LogP) is 4.66. The van der Waals surface area contributed by atoms with Gasteiger partial charge in [-0.2, -0.15) is 0 Å². The highest BCUT2D eigenvalue weighted by molar-refractivity contribution is 5.97. The molecule has 1 aromatic carbocycles. The van der Waals surface area contributed by atoms with E-state index in [9.17, 15) is 14.4 Å². The van der Waals surface area contributed by atoms with Crippen LogP contribution in [-0.2, 0) is 9.47 Å². The first-order valence-corrected chi connectivity index (χ1v) is 13.5. The molecule has 2 aromatic rings. The Kier molecular flexibility index (Phi) is 7.07. The zero-order valence-electron chi connectivity index (χ0n) is 23.0. The standard InChI is InChI=1S/C29H36FN3O6/c1-6-12-38-27(35)20-15-33(18-9-10-18)23-19(25(20)34)13-21(30)24(26(23)37-5)31-14-17-8-7-11-32(22(17)16-31)28(36)39-29(2,3)4/h6,13,15,17-18,22H,1,7-12,14,16H2,2-5H3/t17-,22+/m0/s1. The molecule has 1 aliphatic carbocycles. The first-order chi connectivity index (χ1) is 18.5. The second-order valence-electron chi connectivity index (χ2n) is 11.6. The van der Waals surface area contributed by atoms with E-state index in [2.05, 4.69) is 6.58 Å². The molecule has 39 heavy (non-hydrogen) atoms. The molecule has 0 N–H and O–H groups in total. The Morgan fingerprint density at radius 3 is 2.59 bits per heavy atom. The Bertz CT molecular complexity index is 1380. The lowest BCUT2D eigenvalue weighted by Crippen LogP contribution is -2.50. The molecule has 1 saturated carbocycles. The topological polar surface area (TPSA) is 90.3 Å². The Balaban J connectivity index is 1.57. The molecule has 2 aliphatic heterocycles. The first-order valence-electron chi connectivity index (χ1n) is 13.5. The highest BCUT2D eigenvalue weighted by Crippen LogP contribution is 2.45. The number of nitrogens with zero attached hydrogens (tertiary/aromatic N) is 3. The third-order valence-electron chi connectivity index (χ3n) is 7.62. The van der Waals surface area contributed by atoms with Crippen molar-refractivity contribution in [3.63, 3.8) is 0 Å². The third-order valence-corrected chi connectivity index (χ3v) is 7.62. The number of anilines is 1. The van der Waals surface area contributed by atoms with E-state index in [0.29, 0.717) is 25.2 Å². The molecule has 3 fully saturated rings. The summed E-state index contributed by atoms with van der Waals surface area (Å²) in [4.78, 5) is 42.7. The Labute approximate surface area is 227 Å². The summed E-state index contributed by atoms with van der Waals surface area (Å²) >= 11 is 0. The van der Waals surface area contributed by atoms with Gasteiger partial charge in [-0.05, 0) is 58.4 Å². The van der Waals surface area contributed by atoms with Crippen LogP contribution in [0.5, 0.6) is 5.75 Å². The van der Waals surface area contributed by atoms with E-state index in [1.807, 2.05) is 30.2 Å². The molecule has 10 heteroatoms. The third kappa shape index (κ3) is 5.08. The average molecular weight is 542 g/mol. The fourth-order valence-corrected chi connectivity index (χ4v) is 5.84. The molecule has 1 amide bonds. The van der Waals surface area contributed by atoms with Gasteiger partial charge in [0.1, 0.15) is 23.5 Å². The molecule has 3 aliphatic rings. The quantitative estimate of drug-likeness (QED) is 0.388. The van der Waals surface area contributed by atoms with Crippen LogP contribution in [-0.4, -0.2) is 66.5 Å². The van der Waals surface area contributed by atoms with Crippen molar-refractivity contribution in [2.45, 2.75) is 64.1 Å². The van der Waals surface area contributed by atoms with Crippen molar-refractivity contribution in [2.24, 2.45) is 5.92 Å². The minimum absolute atomic E-state index is 0.0338. The number of hydrogen-bond donors (Lipinski definition) is 0. The normalized spacial score (nSPS) is 21.1. The molecule has 5 rings (SSSR count). The van der Waals surface area contributed by atoms with Gasteiger partial charge in [-0.1, -0.05) is 12.7 Å². The zero-order chi connectivity index (χ0) is 28.1. The fourth-order valence-electron chi connectivity index (χ4n) is 5.84. The number of benzene rings is 1. The largest absolute Gasteiger partial charge is 0.492 e. The summed E-state index contributed by atoms with van der Waals surface area (Å²) in [5, 5.41) is 0.0695. The van der Waals surface area contributed by atoms with E-state index in [-0.39, 0.29) is 53.1 Å². The second-order valence-corrected chi connectivity index (χ2v) is 11.6. The van der Waals surface area contributed by atoms with Crippen LogP contribution in [0.4, 0.5) is 14.9 Å². The van der Waals surface area contributed by atoms with Gasteiger partial charge in [-0.25, -0.2) is 14.0 Å². The number of ether oxygens (including phenoxy) is 3. The van der Waals surface area contributed by atoms with Crippen LogP contribution in [0.2, 0.25) is 0 Å². The summed E-state index contributed by atoms with van der Waals surface area (Å²) in [6, 6.07) is 1.14. The summed E-state index contributed by atoms with van der Waals surface area (Å²) < 4.78 is 34.4. The van der Waals surface area contributed by atoms with Gasteiger partial charge in [0, 0.05) is 31.9 Å². The van der Waals surface area contributed by atoms with Crippen molar-refractivity contribution in [2.75, 3.05) is 38.3 Å². The number of hydrogen-bond acceptors (Lipinski definition) is 7. The van der Waals surface area contributed by atoms with E-state index in [0.717, 1.165) is 25.7 Å². The molecular formula is C29H36FN3O6. The number of amides is 1. The number of rotatable bonds is 6. The first kappa shape index (κ1) is 27.0. The van der Waals surface area contributed by atoms with Gasteiger partial charge in [-0.3, -0.25) is 4.79 Å². The molecule has 2 atom stereocenters. The molecule has 9 nitrogen and oxygen atoms in total. The summed E-state index contributed by atoms with van der Waals surface area (Å²) in [5.41, 5.74) is -0.643. The van der Waals surface area contributed by atoms with Crippen molar-refractivity contribution in [1.29, 1.82) is 0 Å². The summed E-state index contributed by atoms with van der Waals surface area (Å²) in [6.45, 7) is 10.6. The lowest BCUT2D eigenvalue weighted by Gasteiger charge is -2.37. The molecule has 1 aromatic heterocycles. The summed E-state index contributed by atoms with van der Waals surface area (Å²) in [5.74, 6) is -0.982. The molecule has 0 bridgehead atoms. The number of piperidine rings is 1. The molecular weight excluding hydrogens is 505 g/mol. The SMILES string of the molecule is C=CCOC(=O)c1cn(C2CC2)c2c(OC)c(N3C[C@@H]4CCCN(C(=O)OC(C)(C)C)[C@@H]4C3)c(F)cc2c1=O. The number of likely N-dealkylation sites (tertiary alicyclic amines) is 1. The summed E-state index contributed by atoms with van der Waals surface area (Å²) in [7, 11) is 1.46. The maximum atomic E-state index is 15.9. The van der Waals surface area contributed by atoms with Gasteiger partial charge >= 0.3 is 12.1 Å². The van der Waals surface area contributed by atoms with Gasteiger partial charge in [0.2, 0.25) is 5.43 Å². The monoisotopic (exact) mass is 541 g/mol. The van der Waals surface area contributed by atoms with E-state index in [1.165, 1.54) is 25.4 Å². The van der Waals surface area contributed by atoms with Crippen molar-refractivity contribution in [3.05, 3.63) is 46.5 Å². The van der Waals surface area contributed by atoms with Crippen LogP contribution in [0.1, 0.15) is 62.9 Å². The molecule has 3 heterocycles. The van der Waals surface area contributed by atoms with E-state index in [1.54, 1.807) is 4.90 Å². The summed E-state index contributed by atoms with van der Waals surface area (Å²) in [6.07, 6.45) is 6.07. The van der Waals surface area contributed by atoms with Gasteiger partial charge in [0.15, 0.2) is 11.6 Å². The van der Waals surface area contributed by atoms with Crippen molar-refractivity contribution in [3.8, 4) is 5.75 Å². The lowest BCUT2D eigenvalue weighted by atomic mass is 9.92. The minimum Gasteiger partial charge on any atom is -0.492 e. The van der Waals surface area contributed by atoms with Crippen LogP contribution in [0.3, 0.4) is 0 Å². The predicted molar refractivity (Wildman–Crippen MR) is 145 cm³/mol. The van der Waals surface area contributed by atoms with Crippen LogP contribution in [0, 0.1) is 11.7 Å². The zero-order valence-corrected chi connectivity index (χ0v) is 23.0. The molecule has 0 radical (unpaired) electrons. The Hall–Kier alpha value is -3.56. The smallest absolute Gasteiger partial charge is 0.410 e. The number of carbonyl (C=O) groups excluding carboxylic acids is 2. The highest BCUT2D eigenvalue weighted by atomic mass is 19.1. The van der Waals surface area contributed by atoms with Crippen LogP contribution in [0.15, 0.2) is 29.7 Å². The molecule has 0 unspecified atom stereocenters. The highest BCUT2D eigenvalue weighted by Gasteiger charge is 2.44. The van der Waals surface area contributed by atoms with Gasteiger partial charge in [-0.15, -0.1) is 0 Å². The van der Waals surface area contributed by atoms with Crippen LogP contribution < -0.4 is 15.1 Å². The number of methoxy groups -OCH3 is 1. The van der Waals surface area contributed by atoms with Crippen molar-refractivity contribution < 1.29 is 28.2 Å². The minimum atomic E-state index is -0.773. The maximum absolute atomic E-state index is 15.9. The number of carbonyl (C=O) groups is 2. The van der Waals surface area contributed by atoms with Gasteiger partial charge in [0.05, 0.1) is 24.1 Å². The number of aromatic nitrogens is 1. The van der Waals surface area contributed by atoms with E-state index < -0.39 is 22.8 Å². The maximum Gasteiger partial charge on any atom is 0.410 e. The Morgan fingerprint density at radius 2 is 1.95 bits per heavy atom. The lowest BCUT2D eigenvalue weighted by molar-refractivity contribution is 0.00668. The number of halogens is 1. The number of pyridine rings is 1. The van der Waals surface area contributed by atoms with Gasteiger partial charge < -0.3 is 28.6 Å².